The van der Waals surface area contributed by atoms with E-state index >= 15 is 0 Å². The van der Waals surface area contributed by atoms with Crippen LogP contribution in [0.4, 0.5) is 0 Å². The van der Waals surface area contributed by atoms with Crippen molar-refractivity contribution in [2.75, 3.05) is 7.05 Å². The lowest BCUT2D eigenvalue weighted by atomic mass is 9.98. The van der Waals surface area contributed by atoms with Crippen molar-refractivity contribution in [1.29, 1.82) is 0 Å². The predicted molar refractivity (Wildman–Crippen MR) is 62.9 cm³/mol. The monoisotopic (exact) mass is 212 g/mol. The molecule has 0 aliphatic heterocycles. The molecule has 0 aromatic carbocycles. The zero-order valence-electron chi connectivity index (χ0n) is 9.50. The van der Waals surface area contributed by atoms with Crippen molar-refractivity contribution < 1.29 is 0 Å². The number of thiazole rings is 1. The van der Waals surface area contributed by atoms with Gasteiger partial charge in [0.05, 0.1) is 10.7 Å². The summed E-state index contributed by atoms with van der Waals surface area (Å²) in [5.41, 5.74) is 1.25. The highest BCUT2D eigenvalue weighted by molar-refractivity contribution is 7.09. The quantitative estimate of drug-likeness (QED) is 0.811. The topological polar surface area (TPSA) is 24.9 Å². The Morgan fingerprint density at radius 3 is 2.71 bits per heavy atom. The summed E-state index contributed by atoms with van der Waals surface area (Å²) < 4.78 is 0. The first-order valence-corrected chi connectivity index (χ1v) is 6.08. The van der Waals surface area contributed by atoms with Crippen LogP contribution in [0.1, 0.15) is 31.0 Å². The zero-order chi connectivity index (χ0) is 10.6. The van der Waals surface area contributed by atoms with Crippen LogP contribution in [0.25, 0.3) is 0 Å². The number of rotatable bonds is 5. The smallest absolute Gasteiger partial charge is 0.0897 e. The summed E-state index contributed by atoms with van der Waals surface area (Å²) in [6.07, 6.45) is 2.32. The van der Waals surface area contributed by atoms with Gasteiger partial charge in [-0.25, -0.2) is 4.98 Å². The fraction of sp³-hybridized carbons (Fsp3) is 0.727. The maximum atomic E-state index is 4.48. The number of aryl methyl sites for hydroxylation is 1. The second kappa shape index (κ2) is 5.47. The summed E-state index contributed by atoms with van der Waals surface area (Å²) in [5, 5.41) is 6.62. The first-order chi connectivity index (χ1) is 6.61. The Hall–Kier alpha value is -0.410. The third-order valence-corrected chi connectivity index (χ3v) is 3.30. The van der Waals surface area contributed by atoms with Crippen LogP contribution in [0.5, 0.6) is 0 Å². The molecule has 80 valence electrons. The van der Waals surface area contributed by atoms with E-state index in [-0.39, 0.29) is 0 Å². The molecule has 14 heavy (non-hydrogen) atoms. The van der Waals surface area contributed by atoms with Gasteiger partial charge >= 0.3 is 0 Å². The second-order valence-electron chi connectivity index (χ2n) is 4.09. The molecule has 1 aromatic rings. The van der Waals surface area contributed by atoms with Crippen molar-refractivity contribution in [3.05, 3.63) is 16.1 Å². The van der Waals surface area contributed by atoms with E-state index in [1.54, 1.807) is 11.3 Å². The van der Waals surface area contributed by atoms with Gasteiger partial charge in [-0.15, -0.1) is 11.3 Å². The van der Waals surface area contributed by atoms with Crippen LogP contribution in [0.2, 0.25) is 0 Å². The van der Waals surface area contributed by atoms with Crippen LogP contribution >= 0.6 is 11.3 Å². The van der Waals surface area contributed by atoms with Gasteiger partial charge in [0.15, 0.2) is 0 Å². The van der Waals surface area contributed by atoms with Crippen LogP contribution in [0.15, 0.2) is 5.38 Å². The lowest BCUT2D eigenvalue weighted by Gasteiger charge is -2.15. The highest BCUT2D eigenvalue weighted by atomic mass is 32.1. The van der Waals surface area contributed by atoms with E-state index in [2.05, 4.69) is 36.5 Å². The molecule has 2 unspecified atom stereocenters. The predicted octanol–water partition coefficient (Wildman–Crippen LogP) is 2.63. The molecule has 1 N–H and O–H groups in total. The van der Waals surface area contributed by atoms with Gasteiger partial charge < -0.3 is 5.32 Å². The molecule has 0 aliphatic carbocycles. The minimum Gasteiger partial charge on any atom is -0.317 e. The number of hydrogen-bond donors (Lipinski definition) is 1. The molecule has 0 spiro atoms. The molecule has 0 fully saturated rings. The van der Waals surface area contributed by atoms with Crippen molar-refractivity contribution >= 4 is 11.3 Å². The lowest BCUT2D eigenvalue weighted by molar-refractivity contribution is 0.438. The molecule has 1 aromatic heterocycles. The molecule has 0 amide bonds. The van der Waals surface area contributed by atoms with E-state index in [1.165, 1.54) is 17.1 Å². The third kappa shape index (κ3) is 3.76. The van der Waals surface area contributed by atoms with Gasteiger partial charge in [-0.05, 0) is 39.7 Å². The van der Waals surface area contributed by atoms with E-state index in [4.69, 9.17) is 0 Å². The first kappa shape index (κ1) is 11.7. The molecule has 1 heterocycles. The molecular formula is C11H20N2S. The molecule has 0 saturated carbocycles. The van der Waals surface area contributed by atoms with Gasteiger partial charge in [0.2, 0.25) is 0 Å². The normalized spacial score (nSPS) is 15.4. The van der Waals surface area contributed by atoms with Crippen molar-refractivity contribution in [3.63, 3.8) is 0 Å². The standard InChI is InChI=1S/C11H20N2S/c1-8(5-9(2)12-4)6-11-7-14-10(3)13-11/h7-9,12H,5-6H2,1-4H3. The van der Waals surface area contributed by atoms with Crippen molar-refractivity contribution in [2.45, 2.75) is 39.7 Å². The van der Waals surface area contributed by atoms with Gasteiger partial charge in [-0.1, -0.05) is 6.92 Å². The number of hydrogen-bond acceptors (Lipinski definition) is 3. The Kier molecular flexibility index (Phi) is 4.55. The summed E-state index contributed by atoms with van der Waals surface area (Å²) in [5.74, 6) is 0.707. The van der Waals surface area contributed by atoms with Crippen molar-refractivity contribution in [1.82, 2.24) is 10.3 Å². The highest BCUT2D eigenvalue weighted by Crippen LogP contribution is 2.15. The van der Waals surface area contributed by atoms with Crippen molar-refractivity contribution in [2.24, 2.45) is 5.92 Å². The number of aromatic nitrogens is 1. The summed E-state index contributed by atoms with van der Waals surface area (Å²) in [6, 6.07) is 0.602. The Balaban J connectivity index is 2.37. The Labute approximate surface area is 90.8 Å². The van der Waals surface area contributed by atoms with Gasteiger partial charge in [0, 0.05) is 11.4 Å². The molecule has 0 bridgehead atoms. The van der Waals surface area contributed by atoms with Gasteiger partial charge in [0.1, 0.15) is 0 Å². The van der Waals surface area contributed by atoms with Gasteiger partial charge in [-0.3, -0.25) is 0 Å². The molecule has 0 aliphatic rings. The number of nitrogens with zero attached hydrogens (tertiary/aromatic N) is 1. The van der Waals surface area contributed by atoms with E-state index in [9.17, 15) is 0 Å². The molecule has 2 atom stereocenters. The van der Waals surface area contributed by atoms with Crippen LogP contribution < -0.4 is 5.32 Å². The largest absolute Gasteiger partial charge is 0.317 e. The fourth-order valence-corrected chi connectivity index (χ4v) is 2.29. The van der Waals surface area contributed by atoms with Crippen LogP contribution in [0.3, 0.4) is 0 Å². The fourth-order valence-electron chi connectivity index (χ4n) is 1.66. The molecule has 1 rings (SSSR count). The maximum absolute atomic E-state index is 4.48. The molecule has 2 nitrogen and oxygen atoms in total. The van der Waals surface area contributed by atoms with Crippen LogP contribution in [0, 0.1) is 12.8 Å². The summed E-state index contributed by atoms with van der Waals surface area (Å²) >= 11 is 1.74. The average Bonchev–Trinajstić information content (AvgIpc) is 2.50. The number of nitrogens with one attached hydrogen (secondary N) is 1. The summed E-state index contributed by atoms with van der Waals surface area (Å²) in [6.45, 7) is 6.58. The Morgan fingerprint density at radius 2 is 2.21 bits per heavy atom. The lowest BCUT2D eigenvalue weighted by Crippen LogP contribution is -2.24. The van der Waals surface area contributed by atoms with Crippen LogP contribution in [-0.2, 0) is 6.42 Å². The first-order valence-electron chi connectivity index (χ1n) is 5.20. The van der Waals surface area contributed by atoms with E-state index in [0.29, 0.717) is 12.0 Å². The third-order valence-electron chi connectivity index (χ3n) is 2.47. The SMILES string of the molecule is CNC(C)CC(C)Cc1csc(C)n1. The van der Waals surface area contributed by atoms with E-state index in [0.717, 1.165) is 6.42 Å². The molecule has 0 radical (unpaired) electrons. The summed E-state index contributed by atoms with van der Waals surface area (Å²) in [4.78, 5) is 4.48. The summed E-state index contributed by atoms with van der Waals surface area (Å²) in [7, 11) is 2.02. The van der Waals surface area contributed by atoms with E-state index in [1.807, 2.05) is 7.05 Å². The Morgan fingerprint density at radius 1 is 1.50 bits per heavy atom. The minimum atomic E-state index is 0.602. The van der Waals surface area contributed by atoms with Crippen LogP contribution in [-0.4, -0.2) is 18.1 Å². The van der Waals surface area contributed by atoms with Crippen molar-refractivity contribution in [3.8, 4) is 0 Å². The van der Waals surface area contributed by atoms with Gasteiger partial charge in [0.25, 0.3) is 0 Å². The molecular weight excluding hydrogens is 192 g/mol. The molecule has 3 heteroatoms. The van der Waals surface area contributed by atoms with Gasteiger partial charge in [-0.2, -0.15) is 0 Å². The Bertz CT molecular complexity index is 270. The second-order valence-corrected chi connectivity index (χ2v) is 5.15. The molecule has 0 saturated heterocycles. The van der Waals surface area contributed by atoms with E-state index < -0.39 is 0 Å². The maximum Gasteiger partial charge on any atom is 0.0897 e. The highest BCUT2D eigenvalue weighted by Gasteiger charge is 2.09. The minimum absolute atomic E-state index is 0.602. The average molecular weight is 212 g/mol. The zero-order valence-corrected chi connectivity index (χ0v) is 10.3.